The van der Waals surface area contributed by atoms with Crippen molar-refractivity contribution in [1.29, 1.82) is 0 Å². The van der Waals surface area contributed by atoms with E-state index < -0.39 is 5.82 Å². The van der Waals surface area contributed by atoms with Gasteiger partial charge in [0, 0.05) is 15.1 Å². The number of pyridine rings is 1. The highest BCUT2D eigenvalue weighted by Crippen LogP contribution is 2.27. The maximum Gasteiger partial charge on any atom is 0.166 e. The van der Waals surface area contributed by atoms with Crippen LogP contribution in [0, 0.1) is 12.7 Å². The molecule has 17 heavy (non-hydrogen) atoms. The first kappa shape index (κ1) is 12.5. The van der Waals surface area contributed by atoms with E-state index in [-0.39, 0.29) is 5.82 Å². The molecule has 1 aromatic heterocycles. The summed E-state index contributed by atoms with van der Waals surface area (Å²) in [5.41, 5.74) is 1.88. The smallest absolute Gasteiger partial charge is 0.166 e. The highest BCUT2D eigenvalue weighted by Gasteiger charge is 2.07. The molecule has 1 heterocycles. The zero-order valence-corrected chi connectivity index (χ0v) is 12.1. The second-order valence-electron chi connectivity index (χ2n) is 3.59. The largest absolute Gasteiger partial charge is 0.337 e. The van der Waals surface area contributed by atoms with Crippen LogP contribution in [0.2, 0.25) is 0 Å². The molecule has 2 nitrogen and oxygen atoms in total. The number of aromatic nitrogens is 1. The third-order valence-corrected chi connectivity index (χ3v) is 3.31. The lowest BCUT2D eigenvalue weighted by molar-refractivity contribution is 0.625. The SMILES string of the molecule is Cc1ccc(Br)c(Nc2ncc(Br)cc2F)c1. The van der Waals surface area contributed by atoms with Gasteiger partial charge in [0.1, 0.15) is 0 Å². The molecular formula is C12H9Br2FN2. The van der Waals surface area contributed by atoms with E-state index in [0.717, 1.165) is 15.7 Å². The standard InChI is InChI=1S/C12H9Br2FN2/c1-7-2-3-9(14)11(4-7)17-12-10(15)5-8(13)6-16-12/h2-6H,1H3,(H,16,17). The summed E-state index contributed by atoms with van der Waals surface area (Å²) in [6.07, 6.45) is 1.55. The number of nitrogens with one attached hydrogen (secondary N) is 1. The van der Waals surface area contributed by atoms with Gasteiger partial charge in [0.25, 0.3) is 0 Å². The lowest BCUT2D eigenvalue weighted by Gasteiger charge is -2.09. The van der Waals surface area contributed by atoms with Gasteiger partial charge in [-0.1, -0.05) is 6.07 Å². The Balaban J connectivity index is 2.34. The minimum Gasteiger partial charge on any atom is -0.337 e. The molecule has 0 fully saturated rings. The predicted molar refractivity (Wildman–Crippen MR) is 74.1 cm³/mol. The second kappa shape index (κ2) is 5.14. The van der Waals surface area contributed by atoms with Crippen LogP contribution in [0.3, 0.4) is 0 Å². The maximum absolute atomic E-state index is 13.6. The zero-order valence-electron chi connectivity index (χ0n) is 8.97. The highest BCUT2D eigenvalue weighted by atomic mass is 79.9. The van der Waals surface area contributed by atoms with Gasteiger partial charge in [-0.2, -0.15) is 0 Å². The van der Waals surface area contributed by atoms with Crippen LogP contribution in [-0.4, -0.2) is 4.98 Å². The van der Waals surface area contributed by atoms with E-state index in [0.29, 0.717) is 4.47 Å². The molecule has 0 unspecified atom stereocenters. The van der Waals surface area contributed by atoms with Crippen molar-refractivity contribution < 1.29 is 4.39 Å². The molecule has 0 saturated heterocycles. The van der Waals surface area contributed by atoms with Gasteiger partial charge in [0.2, 0.25) is 0 Å². The van der Waals surface area contributed by atoms with Crippen molar-refractivity contribution in [2.24, 2.45) is 0 Å². The van der Waals surface area contributed by atoms with Crippen LogP contribution in [0.1, 0.15) is 5.56 Å². The predicted octanol–water partition coefficient (Wildman–Crippen LogP) is 4.80. The molecule has 0 amide bonds. The van der Waals surface area contributed by atoms with Crippen LogP contribution in [0.15, 0.2) is 39.4 Å². The molecule has 5 heteroatoms. The first-order valence-corrected chi connectivity index (χ1v) is 6.49. The summed E-state index contributed by atoms with van der Waals surface area (Å²) in [5.74, 6) is -0.188. The Hall–Kier alpha value is -0.940. The summed E-state index contributed by atoms with van der Waals surface area (Å²) in [4.78, 5) is 3.99. The fourth-order valence-corrected chi connectivity index (χ4v) is 2.02. The molecule has 0 aliphatic carbocycles. The van der Waals surface area contributed by atoms with Crippen molar-refractivity contribution >= 4 is 43.4 Å². The molecule has 0 atom stereocenters. The molecule has 0 spiro atoms. The molecule has 1 N–H and O–H groups in total. The molecular weight excluding hydrogens is 351 g/mol. The lowest BCUT2D eigenvalue weighted by Crippen LogP contribution is -1.98. The van der Waals surface area contributed by atoms with Gasteiger partial charge in [-0.3, -0.25) is 0 Å². The molecule has 0 radical (unpaired) electrons. The van der Waals surface area contributed by atoms with Crippen LogP contribution in [0.4, 0.5) is 15.9 Å². The van der Waals surface area contributed by atoms with Crippen LogP contribution >= 0.6 is 31.9 Å². The van der Waals surface area contributed by atoms with Crippen molar-refractivity contribution in [1.82, 2.24) is 4.98 Å². The minimum absolute atomic E-state index is 0.208. The van der Waals surface area contributed by atoms with E-state index in [2.05, 4.69) is 42.2 Å². The first-order valence-electron chi connectivity index (χ1n) is 4.90. The number of aryl methyl sites for hydroxylation is 1. The number of benzene rings is 1. The van der Waals surface area contributed by atoms with Crippen LogP contribution < -0.4 is 5.32 Å². The van der Waals surface area contributed by atoms with E-state index in [4.69, 9.17) is 0 Å². The van der Waals surface area contributed by atoms with E-state index in [1.807, 2.05) is 25.1 Å². The van der Waals surface area contributed by atoms with Gasteiger partial charge in [-0.25, -0.2) is 9.37 Å². The number of nitrogens with zero attached hydrogens (tertiary/aromatic N) is 1. The van der Waals surface area contributed by atoms with Crippen molar-refractivity contribution in [3.63, 3.8) is 0 Å². The topological polar surface area (TPSA) is 24.9 Å². The van der Waals surface area contributed by atoms with Crippen LogP contribution in [-0.2, 0) is 0 Å². The maximum atomic E-state index is 13.6. The number of hydrogen-bond acceptors (Lipinski definition) is 2. The summed E-state index contributed by atoms with van der Waals surface area (Å²) in [5, 5.41) is 2.95. The third-order valence-electron chi connectivity index (χ3n) is 2.18. The van der Waals surface area contributed by atoms with Crippen molar-refractivity contribution in [3.8, 4) is 0 Å². The van der Waals surface area contributed by atoms with Crippen molar-refractivity contribution in [2.75, 3.05) is 5.32 Å². The molecule has 2 aromatic rings. The van der Waals surface area contributed by atoms with E-state index in [1.165, 1.54) is 6.07 Å². The number of anilines is 2. The summed E-state index contributed by atoms with van der Waals surface area (Å²) in [7, 11) is 0. The normalized spacial score (nSPS) is 10.4. The number of rotatable bonds is 2. The molecule has 0 saturated carbocycles. The van der Waals surface area contributed by atoms with Gasteiger partial charge < -0.3 is 5.32 Å². The zero-order chi connectivity index (χ0) is 12.4. The van der Waals surface area contributed by atoms with Gasteiger partial charge in [-0.05, 0) is 62.5 Å². The third kappa shape index (κ3) is 3.04. The molecule has 2 rings (SSSR count). The highest BCUT2D eigenvalue weighted by molar-refractivity contribution is 9.10. The molecule has 1 aromatic carbocycles. The Bertz CT molecular complexity index is 558. The number of hydrogen-bond donors (Lipinski definition) is 1. The summed E-state index contributed by atoms with van der Waals surface area (Å²) < 4.78 is 15.1. The van der Waals surface area contributed by atoms with E-state index >= 15 is 0 Å². The summed E-state index contributed by atoms with van der Waals surface area (Å²) in [6.45, 7) is 1.98. The van der Waals surface area contributed by atoms with Gasteiger partial charge in [0.15, 0.2) is 11.6 Å². The fraction of sp³-hybridized carbons (Fsp3) is 0.0833. The van der Waals surface area contributed by atoms with Crippen LogP contribution in [0.5, 0.6) is 0 Å². The summed E-state index contributed by atoms with van der Waals surface area (Å²) in [6, 6.07) is 7.18. The average Bonchev–Trinajstić information content (AvgIpc) is 2.27. The fourth-order valence-electron chi connectivity index (χ4n) is 1.37. The van der Waals surface area contributed by atoms with Crippen molar-refractivity contribution in [3.05, 3.63) is 50.8 Å². The molecule has 0 bridgehead atoms. The van der Waals surface area contributed by atoms with Crippen LogP contribution in [0.25, 0.3) is 0 Å². The lowest BCUT2D eigenvalue weighted by atomic mass is 10.2. The molecule has 0 aliphatic rings. The molecule has 0 aliphatic heterocycles. The Kier molecular flexibility index (Phi) is 3.79. The van der Waals surface area contributed by atoms with Crippen molar-refractivity contribution in [2.45, 2.75) is 6.92 Å². The molecule has 88 valence electrons. The Morgan fingerprint density at radius 3 is 2.71 bits per heavy atom. The van der Waals surface area contributed by atoms with Gasteiger partial charge >= 0.3 is 0 Å². The van der Waals surface area contributed by atoms with E-state index in [9.17, 15) is 4.39 Å². The Morgan fingerprint density at radius 1 is 1.24 bits per heavy atom. The second-order valence-corrected chi connectivity index (χ2v) is 5.36. The van der Waals surface area contributed by atoms with Gasteiger partial charge in [-0.15, -0.1) is 0 Å². The Labute approximate surface area is 116 Å². The average molecular weight is 360 g/mol. The minimum atomic E-state index is -0.396. The van der Waals surface area contributed by atoms with Gasteiger partial charge in [0.05, 0.1) is 5.69 Å². The first-order chi connectivity index (χ1) is 8.06. The van der Waals surface area contributed by atoms with E-state index in [1.54, 1.807) is 6.20 Å². The number of halogens is 3. The monoisotopic (exact) mass is 358 g/mol. The summed E-state index contributed by atoms with van der Waals surface area (Å²) >= 11 is 6.57. The Morgan fingerprint density at radius 2 is 2.00 bits per heavy atom. The quantitative estimate of drug-likeness (QED) is 0.833.